The maximum Gasteiger partial charge on any atom is 0.338 e. The number of benzene rings is 2. The second-order valence-corrected chi connectivity index (χ2v) is 6.10. The van der Waals surface area contributed by atoms with E-state index in [-0.39, 0.29) is 31.7 Å². The normalized spacial score (nSPS) is 23.2. The van der Waals surface area contributed by atoms with Crippen LogP contribution in [-0.2, 0) is 20.9 Å². The van der Waals surface area contributed by atoms with Crippen LogP contribution in [0.1, 0.15) is 24.2 Å². The maximum absolute atomic E-state index is 13.6. The molecule has 1 aliphatic rings. The van der Waals surface area contributed by atoms with Gasteiger partial charge in [0.1, 0.15) is 24.3 Å². The summed E-state index contributed by atoms with van der Waals surface area (Å²) in [6.07, 6.45) is -0.326. The van der Waals surface area contributed by atoms with Gasteiger partial charge in [0, 0.05) is 5.56 Å². The number of carbonyl (C=O) groups is 1. The van der Waals surface area contributed by atoms with Crippen molar-refractivity contribution >= 4 is 5.97 Å². The van der Waals surface area contributed by atoms with E-state index in [1.807, 2.05) is 12.1 Å². The number of rotatable bonds is 5. The van der Waals surface area contributed by atoms with Crippen LogP contribution >= 0.6 is 0 Å². The Labute approximate surface area is 144 Å². The van der Waals surface area contributed by atoms with Gasteiger partial charge in [-0.25, -0.2) is 9.18 Å². The van der Waals surface area contributed by atoms with Crippen LogP contribution in [0.25, 0.3) is 0 Å². The Balaban J connectivity index is 1.58. The molecule has 5 nitrogen and oxygen atoms in total. The van der Waals surface area contributed by atoms with Crippen LogP contribution in [0, 0.1) is 5.82 Å². The lowest BCUT2D eigenvalue weighted by atomic mass is 10.0. The molecule has 1 heterocycles. The van der Waals surface area contributed by atoms with Crippen LogP contribution in [0.3, 0.4) is 0 Å². The third kappa shape index (κ3) is 3.97. The third-order valence-corrected chi connectivity index (χ3v) is 4.17. The second-order valence-electron chi connectivity index (χ2n) is 6.10. The fourth-order valence-corrected chi connectivity index (χ4v) is 2.48. The van der Waals surface area contributed by atoms with Crippen LogP contribution in [0.15, 0.2) is 48.5 Å². The molecule has 25 heavy (non-hydrogen) atoms. The molecular formula is C19H19FO5. The first kappa shape index (κ1) is 17.4. The van der Waals surface area contributed by atoms with Crippen molar-refractivity contribution < 1.29 is 28.5 Å². The molecule has 0 amide bonds. The first-order valence-corrected chi connectivity index (χ1v) is 7.93. The minimum absolute atomic E-state index is 0.0153. The van der Waals surface area contributed by atoms with Crippen molar-refractivity contribution in [2.24, 2.45) is 0 Å². The van der Waals surface area contributed by atoms with Crippen molar-refractivity contribution in [1.29, 1.82) is 0 Å². The zero-order valence-electron chi connectivity index (χ0n) is 13.8. The fourth-order valence-electron chi connectivity index (χ4n) is 2.48. The molecule has 1 fully saturated rings. The molecule has 132 valence electrons. The number of aliphatic carboxylic acids is 1. The Morgan fingerprint density at radius 2 is 2.00 bits per heavy atom. The molecule has 0 unspecified atom stereocenters. The molecule has 0 saturated carbocycles. The average Bonchev–Trinajstić information content (AvgIpc) is 2.62. The van der Waals surface area contributed by atoms with E-state index < -0.39 is 11.6 Å². The van der Waals surface area contributed by atoms with Crippen molar-refractivity contribution in [3.63, 3.8) is 0 Å². The smallest absolute Gasteiger partial charge is 0.338 e. The summed E-state index contributed by atoms with van der Waals surface area (Å²) < 4.78 is 30.2. The number of hydrogen-bond donors (Lipinski definition) is 1. The molecule has 2 aromatic rings. The number of hydrogen-bond acceptors (Lipinski definition) is 4. The highest BCUT2D eigenvalue weighted by molar-refractivity contribution is 5.77. The number of carboxylic acid groups (broad SMARTS) is 1. The summed E-state index contributed by atoms with van der Waals surface area (Å²) >= 11 is 0. The standard InChI is InChI=1S/C19H19FO5/c1-19(18(21)22)12-24-17(11-25-19)13-6-8-15(9-7-13)23-10-14-4-2-3-5-16(14)20/h2-9,17H,10-12H2,1H3,(H,21,22)/t17-,19+/m1/s1. The highest BCUT2D eigenvalue weighted by atomic mass is 19.1. The van der Waals surface area contributed by atoms with E-state index in [1.54, 1.807) is 30.3 Å². The number of halogens is 1. The zero-order valence-corrected chi connectivity index (χ0v) is 13.8. The third-order valence-electron chi connectivity index (χ3n) is 4.17. The van der Waals surface area contributed by atoms with Gasteiger partial charge >= 0.3 is 5.97 Å². The van der Waals surface area contributed by atoms with Gasteiger partial charge in [0.15, 0.2) is 5.60 Å². The largest absolute Gasteiger partial charge is 0.489 e. The monoisotopic (exact) mass is 346 g/mol. The molecule has 0 bridgehead atoms. The molecule has 0 radical (unpaired) electrons. The van der Waals surface area contributed by atoms with Gasteiger partial charge in [0.2, 0.25) is 0 Å². The predicted molar refractivity (Wildman–Crippen MR) is 87.9 cm³/mol. The Bertz CT molecular complexity index is 736. The topological polar surface area (TPSA) is 65.0 Å². The van der Waals surface area contributed by atoms with E-state index in [9.17, 15) is 9.18 Å². The molecule has 2 atom stereocenters. The molecule has 0 aliphatic carbocycles. The first-order valence-electron chi connectivity index (χ1n) is 7.93. The zero-order chi connectivity index (χ0) is 17.9. The van der Waals surface area contributed by atoms with Gasteiger partial charge in [-0.3, -0.25) is 0 Å². The molecule has 0 aromatic heterocycles. The molecule has 1 aliphatic heterocycles. The van der Waals surface area contributed by atoms with Gasteiger partial charge in [-0.1, -0.05) is 30.3 Å². The first-order chi connectivity index (χ1) is 12.0. The van der Waals surface area contributed by atoms with Crippen molar-refractivity contribution in [2.75, 3.05) is 13.2 Å². The summed E-state index contributed by atoms with van der Waals surface area (Å²) in [5, 5.41) is 9.12. The van der Waals surface area contributed by atoms with Crippen LogP contribution in [0.4, 0.5) is 4.39 Å². The van der Waals surface area contributed by atoms with E-state index in [4.69, 9.17) is 19.3 Å². The summed E-state index contributed by atoms with van der Waals surface area (Å²) in [6.45, 7) is 1.79. The number of carboxylic acids is 1. The maximum atomic E-state index is 13.6. The number of ether oxygens (including phenoxy) is 3. The minimum Gasteiger partial charge on any atom is -0.489 e. The van der Waals surface area contributed by atoms with Crippen LogP contribution < -0.4 is 4.74 Å². The summed E-state index contributed by atoms with van der Waals surface area (Å²) in [5.41, 5.74) is 0.0495. The fraction of sp³-hybridized carbons (Fsp3) is 0.316. The van der Waals surface area contributed by atoms with E-state index in [0.717, 1.165) is 5.56 Å². The quantitative estimate of drug-likeness (QED) is 0.900. The van der Waals surface area contributed by atoms with Crippen molar-refractivity contribution in [1.82, 2.24) is 0 Å². The molecule has 0 spiro atoms. The van der Waals surface area contributed by atoms with E-state index in [0.29, 0.717) is 11.3 Å². The summed E-state index contributed by atoms with van der Waals surface area (Å²) in [4.78, 5) is 11.1. The molecule has 6 heteroatoms. The van der Waals surface area contributed by atoms with Crippen molar-refractivity contribution in [2.45, 2.75) is 25.2 Å². The Morgan fingerprint density at radius 3 is 2.60 bits per heavy atom. The molecule has 3 rings (SSSR count). The van der Waals surface area contributed by atoms with E-state index >= 15 is 0 Å². The average molecular weight is 346 g/mol. The minimum atomic E-state index is -1.31. The van der Waals surface area contributed by atoms with Gasteiger partial charge in [0.25, 0.3) is 0 Å². The van der Waals surface area contributed by atoms with E-state index in [2.05, 4.69) is 0 Å². The van der Waals surface area contributed by atoms with Gasteiger partial charge in [-0.15, -0.1) is 0 Å². The van der Waals surface area contributed by atoms with Crippen molar-refractivity contribution in [3.8, 4) is 5.75 Å². The lowest BCUT2D eigenvalue weighted by Gasteiger charge is -2.34. The predicted octanol–water partition coefficient (Wildman–Crippen LogP) is 3.34. The summed E-state index contributed by atoms with van der Waals surface area (Å²) in [5.74, 6) is -0.727. The summed E-state index contributed by atoms with van der Waals surface area (Å²) in [7, 11) is 0. The Hall–Kier alpha value is -2.44. The highest BCUT2D eigenvalue weighted by Crippen LogP contribution is 2.29. The van der Waals surface area contributed by atoms with Crippen molar-refractivity contribution in [3.05, 3.63) is 65.5 Å². The molecule has 2 aromatic carbocycles. The highest BCUT2D eigenvalue weighted by Gasteiger charge is 2.40. The SMILES string of the molecule is C[C@@]1(C(=O)O)CO[C@@H](c2ccc(OCc3ccccc3F)cc2)CO1. The summed E-state index contributed by atoms with van der Waals surface area (Å²) in [6, 6.07) is 13.7. The van der Waals surface area contributed by atoms with Gasteiger partial charge in [-0.2, -0.15) is 0 Å². The van der Waals surface area contributed by atoms with Crippen LogP contribution in [0.2, 0.25) is 0 Å². The Kier molecular flexibility index (Phi) is 5.01. The van der Waals surface area contributed by atoms with Gasteiger partial charge in [-0.05, 0) is 30.7 Å². The Morgan fingerprint density at radius 1 is 1.28 bits per heavy atom. The molecular weight excluding hydrogens is 327 g/mol. The lowest BCUT2D eigenvalue weighted by molar-refractivity contribution is -0.206. The molecule has 1 N–H and O–H groups in total. The second kappa shape index (κ2) is 7.21. The van der Waals surface area contributed by atoms with E-state index in [1.165, 1.54) is 13.0 Å². The van der Waals surface area contributed by atoms with Crippen LogP contribution in [-0.4, -0.2) is 29.9 Å². The van der Waals surface area contributed by atoms with Gasteiger partial charge in [0.05, 0.1) is 13.2 Å². The lowest BCUT2D eigenvalue weighted by Crippen LogP contribution is -2.48. The van der Waals surface area contributed by atoms with Gasteiger partial charge < -0.3 is 19.3 Å². The molecule has 1 saturated heterocycles. The van der Waals surface area contributed by atoms with Crippen LogP contribution in [0.5, 0.6) is 5.75 Å².